The smallest absolute Gasteiger partial charge is 0.335 e. The maximum absolute atomic E-state index is 12.2. The Morgan fingerprint density at radius 2 is 2.04 bits per heavy atom. The van der Waals surface area contributed by atoms with E-state index in [1.165, 1.54) is 12.1 Å². The first-order chi connectivity index (χ1) is 12.0. The monoisotopic (exact) mass is 351 g/mol. The zero-order valence-corrected chi connectivity index (χ0v) is 14.6. The Balaban J connectivity index is 1.92. The summed E-state index contributed by atoms with van der Waals surface area (Å²) >= 11 is 0. The lowest BCUT2D eigenvalue weighted by Gasteiger charge is -2.22. The molecule has 2 N–H and O–H groups in total. The maximum Gasteiger partial charge on any atom is 0.335 e. The number of carbonyl (C=O) groups excluding carboxylic acids is 1. The topological polar surface area (TPSA) is 94.1 Å². The van der Waals surface area contributed by atoms with Crippen molar-refractivity contribution in [2.75, 3.05) is 25.1 Å². The molecule has 0 spiro atoms. The first kappa shape index (κ1) is 19.2. The summed E-state index contributed by atoms with van der Waals surface area (Å²) in [6.45, 7) is 5.41. The van der Waals surface area contributed by atoms with E-state index in [-0.39, 0.29) is 30.1 Å². The highest BCUT2D eigenvalue weighted by atomic mass is 16.5. The largest absolute Gasteiger partial charge is 0.489 e. The number of benzene rings is 1. The second-order valence-corrected chi connectivity index (χ2v) is 6.16. The van der Waals surface area contributed by atoms with E-state index in [1.807, 2.05) is 13.8 Å². The molecule has 1 aromatic rings. The highest BCUT2D eigenvalue weighted by Crippen LogP contribution is 2.27. The van der Waals surface area contributed by atoms with Gasteiger partial charge in [-0.15, -0.1) is 0 Å². The lowest BCUT2D eigenvalue weighted by Crippen LogP contribution is -2.25. The molecule has 0 unspecified atom stereocenters. The molecule has 7 heteroatoms. The van der Waals surface area contributed by atoms with E-state index >= 15 is 0 Å². The zero-order valence-electron chi connectivity index (χ0n) is 14.6. The summed E-state index contributed by atoms with van der Waals surface area (Å²) in [7, 11) is 0. The Labute approximate surface area is 147 Å². The number of hydrogen-bond acceptors (Lipinski definition) is 5. The average Bonchev–Trinajstić information content (AvgIpc) is 2.57. The van der Waals surface area contributed by atoms with Crippen molar-refractivity contribution in [3.8, 4) is 5.75 Å². The molecule has 1 aromatic carbocycles. The van der Waals surface area contributed by atoms with Crippen LogP contribution >= 0.6 is 0 Å². The summed E-state index contributed by atoms with van der Waals surface area (Å²) in [6, 6.07) is 4.40. The minimum absolute atomic E-state index is 0.0878. The summed E-state index contributed by atoms with van der Waals surface area (Å²) in [5.74, 6) is -0.864. The first-order valence-electron chi connectivity index (χ1n) is 8.49. The van der Waals surface area contributed by atoms with Gasteiger partial charge in [-0.2, -0.15) is 0 Å². The van der Waals surface area contributed by atoms with Crippen LogP contribution in [0.15, 0.2) is 18.2 Å². The molecule has 0 aromatic heterocycles. The molecule has 25 heavy (non-hydrogen) atoms. The number of carbonyl (C=O) groups is 2. The predicted octanol–water partition coefficient (Wildman–Crippen LogP) is 2.70. The van der Waals surface area contributed by atoms with Gasteiger partial charge in [0.25, 0.3) is 0 Å². The van der Waals surface area contributed by atoms with E-state index < -0.39 is 5.97 Å². The third-order valence-electron chi connectivity index (χ3n) is 3.71. The molecule has 1 heterocycles. The van der Waals surface area contributed by atoms with Crippen LogP contribution in [-0.2, 0) is 14.3 Å². The number of nitrogens with one attached hydrogen (secondary N) is 1. The number of amides is 1. The van der Waals surface area contributed by atoms with Crippen molar-refractivity contribution >= 4 is 17.6 Å². The van der Waals surface area contributed by atoms with Crippen molar-refractivity contribution < 1.29 is 28.9 Å². The van der Waals surface area contributed by atoms with Crippen LogP contribution in [0.2, 0.25) is 0 Å². The lowest BCUT2D eigenvalue weighted by atomic mass is 10.1. The number of ether oxygens (including phenoxy) is 3. The van der Waals surface area contributed by atoms with Gasteiger partial charge in [0.2, 0.25) is 5.91 Å². The van der Waals surface area contributed by atoms with Gasteiger partial charge in [-0.05, 0) is 44.9 Å². The number of carboxylic acid groups (broad SMARTS) is 1. The number of rotatable bonds is 8. The number of anilines is 1. The molecular formula is C18H25NO6. The predicted molar refractivity (Wildman–Crippen MR) is 92.2 cm³/mol. The van der Waals surface area contributed by atoms with Crippen LogP contribution in [-0.4, -0.2) is 49.0 Å². The molecule has 0 bridgehead atoms. The van der Waals surface area contributed by atoms with Crippen molar-refractivity contribution in [1.82, 2.24) is 0 Å². The minimum atomic E-state index is -1.06. The van der Waals surface area contributed by atoms with Gasteiger partial charge in [-0.25, -0.2) is 4.79 Å². The molecule has 1 amide bonds. The second kappa shape index (κ2) is 9.39. The van der Waals surface area contributed by atoms with E-state index in [4.69, 9.17) is 19.3 Å². The van der Waals surface area contributed by atoms with Gasteiger partial charge in [-0.3, -0.25) is 4.79 Å². The summed E-state index contributed by atoms with van der Waals surface area (Å²) in [4.78, 5) is 23.3. The van der Waals surface area contributed by atoms with Crippen molar-refractivity contribution in [3.63, 3.8) is 0 Å². The summed E-state index contributed by atoms with van der Waals surface area (Å²) < 4.78 is 16.6. The van der Waals surface area contributed by atoms with E-state index in [0.717, 1.165) is 12.8 Å². The third-order valence-corrected chi connectivity index (χ3v) is 3.71. The average molecular weight is 351 g/mol. The Hall–Kier alpha value is -2.12. The number of hydrogen-bond donors (Lipinski definition) is 2. The molecule has 1 fully saturated rings. The van der Waals surface area contributed by atoms with E-state index in [0.29, 0.717) is 31.3 Å². The van der Waals surface area contributed by atoms with Gasteiger partial charge in [0, 0.05) is 13.2 Å². The fourth-order valence-electron chi connectivity index (χ4n) is 2.49. The minimum Gasteiger partial charge on any atom is -0.489 e. The van der Waals surface area contributed by atoms with Crippen molar-refractivity contribution in [3.05, 3.63) is 23.8 Å². The van der Waals surface area contributed by atoms with Gasteiger partial charge < -0.3 is 24.6 Å². The van der Waals surface area contributed by atoms with Crippen molar-refractivity contribution in [1.29, 1.82) is 0 Å². The van der Waals surface area contributed by atoms with Gasteiger partial charge in [0.1, 0.15) is 5.75 Å². The SMILES string of the molecule is CC(C)Oc1ccc(C(=O)O)cc1NC(=O)CCOC1CCOCC1. The Bertz CT molecular complexity index is 595. The number of aromatic carboxylic acids is 1. The molecule has 7 nitrogen and oxygen atoms in total. The maximum atomic E-state index is 12.2. The van der Waals surface area contributed by atoms with Gasteiger partial charge in [0.05, 0.1) is 36.5 Å². The highest BCUT2D eigenvalue weighted by molar-refractivity contribution is 5.95. The summed E-state index contributed by atoms with van der Waals surface area (Å²) in [5.41, 5.74) is 0.439. The van der Waals surface area contributed by atoms with Gasteiger partial charge >= 0.3 is 5.97 Å². The quantitative estimate of drug-likeness (QED) is 0.748. The van der Waals surface area contributed by atoms with Crippen molar-refractivity contribution in [2.24, 2.45) is 0 Å². The first-order valence-corrected chi connectivity index (χ1v) is 8.49. The highest BCUT2D eigenvalue weighted by Gasteiger charge is 2.16. The van der Waals surface area contributed by atoms with Crippen molar-refractivity contribution in [2.45, 2.75) is 45.3 Å². The standard InChI is InChI=1S/C18H25NO6/c1-12(2)25-16-4-3-13(18(21)22)11-15(16)19-17(20)7-10-24-14-5-8-23-9-6-14/h3-4,11-12,14H,5-10H2,1-2H3,(H,19,20)(H,21,22). The van der Waals surface area contributed by atoms with Crippen LogP contribution in [0.4, 0.5) is 5.69 Å². The van der Waals surface area contributed by atoms with Crippen LogP contribution in [0.3, 0.4) is 0 Å². The third kappa shape index (κ3) is 6.36. The lowest BCUT2D eigenvalue weighted by molar-refractivity contribution is -0.118. The molecule has 138 valence electrons. The zero-order chi connectivity index (χ0) is 18.2. The summed E-state index contributed by atoms with van der Waals surface area (Å²) in [5, 5.41) is 11.8. The van der Waals surface area contributed by atoms with Gasteiger partial charge in [0.15, 0.2) is 0 Å². The van der Waals surface area contributed by atoms with Gasteiger partial charge in [-0.1, -0.05) is 0 Å². The van der Waals surface area contributed by atoms with Crippen LogP contribution in [0.25, 0.3) is 0 Å². The number of carboxylic acids is 1. The van der Waals surface area contributed by atoms with Crippen LogP contribution < -0.4 is 10.1 Å². The van der Waals surface area contributed by atoms with E-state index in [9.17, 15) is 9.59 Å². The molecule has 0 saturated carbocycles. The molecular weight excluding hydrogens is 326 g/mol. The Morgan fingerprint density at radius 1 is 1.32 bits per heavy atom. The second-order valence-electron chi connectivity index (χ2n) is 6.16. The Morgan fingerprint density at radius 3 is 2.68 bits per heavy atom. The molecule has 1 saturated heterocycles. The molecule has 1 aliphatic heterocycles. The van der Waals surface area contributed by atoms with E-state index in [1.54, 1.807) is 6.07 Å². The fraction of sp³-hybridized carbons (Fsp3) is 0.556. The summed E-state index contributed by atoms with van der Waals surface area (Å²) in [6.07, 6.45) is 1.92. The van der Waals surface area contributed by atoms with Crippen LogP contribution in [0, 0.1) is 0 Å². The molecule has 1 aliphatic rings. The normalized spacial score (nSPS) is 15.2. The molecule has 0 radical (unpaired) electrons. The van der Waals surface area contributed by atoms with E-state index in [2.05, 4.69) is 5.32 Å². The Kier molecular flexibility index (Phi) is 7.21. The fourth-order valence-corrected chi connectivity index (χ4v) is 2.49. The van der Waals surface area contributed by atoms with Crippen LogP contribution in [0.1, 0.15) is 43.5 Å². The molecule has 2 rings (SSSR count). The van der Waals surface area contributed by atoms with Crippen LogP contribution in [0.5, 0.6) is 5.75 Å². The molecule has 0 atom stereocenters. The molecule has 0 aliphatic carbocycles.